The van der Waals surface area contributed by atoms with Crippen LogP contribution in [0.5, 0.6) is 5.75 Å². The summed E-state index contributed by atoms with van der Waals surface area (Å²) in [5.41, 5.74) is 1.38. The standard InChI is InChI=1S/C16H24O/c1-12(2)14-6-10-16(11-7-14)17-15-8-4-13(3)5-9-15/h6-7,10-13,15H,4-5,8-9H2,1-3H3. The molecule has 0 N–H and O–H groups in total. The zero-order valence-corrected chi connectivity index (χ0v) is 11.3. The molecular weight excluding hydrogens is 208 g/mol. The minimum Gasteiger partial charge on any atom is -0.490 e. The number of hydrogen-bond donors (Lipinski definition) is 0. The van der Waals surface area contributed by atoms with Crippen molar-refractivity contribution in [3.8, 4) is 5.75 Å². The molecule has 0 amide bonds. The van der Waals surface area contributed by atoms with Crippen molar-refractivity contribution in [1.29, 1.82) is 0 Å². The summed E-state index contributed by atoms with van der Waals surface area (Å²) in [5, 5.41) is 0. The Kier molecular flexibility index (Phi) is 4.09. The first kappa shape index (κ1) is 12.5. The maximum Gasteiger partial charge on any atom is 0.119 e. The van der Waals surface area contributed by atoms with Crippen LogP contribution in [0.3, 0.4) is 0 Å². The SMILES string of the molecule is CC1CCC(Oc2ccc(C(C)C)cc2)CC1. The number of benzene rings is 1. The maximum absolute atomic E-state index is 6.04. The molecule has 1 heteroatoms. The van der Waals surface area contributed by atoms with Gasteiger partial charge >= 0.3 is 0 Å². The molecule has 0 aliphatic heterocycles. The van der Waals surface area contributed by atoms with Crippen LogP contribution in [0.2, 0.25) is 0 Å². The van der Waals surface area contributed by atoms with E-state index in [9.17, 15) is 0 Å². The molecule has 1 nitrogen and oxygen atoms in total. The largest absolute Gasteiger partial charge is 0.490 e. The van der Waals surface area contributed by atoms with Crippen LogP contribution in [-0.2, 0) is 0 Å². The van der Waals surface area contributed by atoms with E-state index in [4.69, 9.17) is 4.74 Å². The van der Waals surface area contributed by atoms with E-state index in [1.807, 2.05) is 0 Å². The van der Waals surface area contributed by atoms with Crippen molar-refractivity contribution >= 4 is 0 Å². The van der Waals surface area contributed by atoms with Gasteiger partial charge in [-0.2, -0.15) is 0 Å². The van der Waals surface area contributed by atoms with Gasteiger partial charge in [-0.25, -0.2) is 0 Å². The van der Waals surface area contributed by atoms with Crippen LogP contribution in [0.1, 0.15) is 57.9 Å². The van der Waals surface area contributed by atoms with Crippen LogP contribution in [0, 0.1) is 5.92 Å². The van der Waals surface area contributed by atoms with Gasteiger partial charge in [0.2, 0.25) is 0 Å². The molecular formula is C16H24O. The Bertz CT molecular complexity index is 331. The third kappa shape index (κ3) is 3.49. The quantitative estimate of drug-likeness (QED) is 0.729. The van der Waals surface area contributed by atoms with Crippen molar-refractivity contribution in [3.05, 3.63) is 29.8 Å². The summed E-state index contributed by atoms with van der Waals surface area (Å²) in [6.45, 7) is 6.78. The minimum absolute atomic E-state index is 0.441. The van der Waals surface area contributed by atoms with E-state index in [0.717, 1.165) is 11.7 Å². The summed E-state index contributed by atoms with van der Waals surface area (Å²) in [5.74, 6) is 2.52. The molecule has 1 fully saturated rings. The molecule has 1 aliphatic rings. The smallest absolute Gasteiger partial charge is 0.119 e. The molecule has 0 radical (unpaired) electrons. The van der Waals surface area contributed by atoms with Crippen molar-refractivity contribution in [3.63, 3.8) is 0 Å². The van der Waals surface area contributed by atoms with E-state index in [0.29, 0.717) is 12.0 Å². The highest BCUT2D eigenvalue weighted by molar-refractivity contribution is 5.29. The Hall–Kier alpha value is -0.980. The van der Waals surface area contributed by atoms with Gasteiger partial charge in [0.05, 0.1) is 6.10 Å². The van der Waals surface area contributed by atoms with Crippen LogP contribution in [-0.4, -0.2) is 6.10 Å². The summed E-state index contributed by atoms with van der Waals surface area (Å²) < 4.78 is 6.04. The van der Waals surface area contributed by atoms with Crippen LogP contribution in [0.15, 0.2) is 24.3 Å². The number of rotatable bonds is 3. The van der Waals surface area contributed by atoms with Crippen molar-refractivity contribution in [2.75, 3.05) is 0 Å². The molecule has 1 aromatic rings. The van der Waals surface area contributed by atoms with Gasteiger partial charge in [-0.3, -0.25) is 0 Å². The Balaban J connectivity index is 1.90. The molecule has 0 spiro atoms. The zero-order chi connectivity index (χ0) is 12.3. The Labute approximate surface area is 105 Å². The van der Waals surface area contributed by atoms with E-state index in [1.54, 1.807) is 0 Å². The van der Waals surface area contributed by atoms with Gasteiger partial charge in [0.1, 0.15) is 5.75 Å². The average Bonchev–Trinajstić information content (AvgIpc) is 2.33. The maximum atomic E-state index is 6.04. The fourth-order valence-corrected chi connectivity index (χ4v) is 2.47. The lowest BCUT2D eigenvalue weighted by Gasteiger charge is -2.27. The molecule has 0 heterocycles. The summed E-state index contributed by atoms with van der Waals surface area (Å²) in [4.78, 5) is 0. The second-order valence-corrected chi connectivity index (χ2v) is 5.72. The summed E-state index contributed by atoms with van der Waals surface area (Å²) in [6, 6.07) is 8.61. The Morgan fingerprint density at radius 2 is 1.59 bits per heavy atom. The van der Waals surface area contributed by atoms with Crippen LogP contribution < -0.4 is 4.74 Å². The first-order valence-electron chi connectivity index (χ1n) is 6.91. The number of ether oxygens (including phenoxy) is 1. The second-order valence-electron chi connectivity index (χ2n) is 5.72. The third-order valence-electron chi connectivity index (χ3n) is 3.81. The molecule has 1 aliphatic carbocycles. The van der Waals surface area contributed by atoms with E-state index in [-0.39, 0.29) is 0 Å². The molecule has 0 unspecified atom stereocenters. The number of hydrogen-bond acceptors (Lipinski definition) is 1. The van der Waals surface area contributed by atoms with Gasteiger partial charge in [0, 0.05) is 0 Å². The molecule has 1 saturated carbocycles. The van der Waals surface area contributed by atoms with Gasteiger partial charge in [-0.15, -0.1) is 0 Å². The lowest BCUT2D eigenvalue weighted by molar-refractivity contribution is 0.135. The summed E-state index contributed by atoms with van der Waals surface area (Å²) >= 11 is 0. The molecule has 94 valence electrons. The normalized spacial score (nSPS) is 24.9. The topological polar surface area (TPSA) is 9.23 Å². The Morgan fingerprint density at radius 1 is 1.00 bits per heavy atom. The minimum atomic E-state index is 0.441. The monoisotopic (exact) mass is 232 g/mol. The lowest BCUT2D eigenvalue weighted by Crippen LogP contribution is -2.22. The van der Waals surface area contributed by atoms with E-state index < -0.39 is 0 Å². The van der Waals surface area contributed by atoms with Gasteiger partial charge in [0.15, 0.2) is 0 Å². The van der Waals surface area contributed by atoms with Crippen molar-refractivity contribution < 1.29 is 4.74 Å². The molecule has 0 bridgehead atoms. The Morgan fingerprint density at radius 3 is 2.12 bits per heavy atom. The predicted molar refractivity (Wildman–Crippen MR) is 72.6 cm³/mol. The lowest BCUT2D eigenvalue weighted by atomic mass is 9.89. The van der Waals surface area contributed by atoms with Crippen LogP contribution in [0.4, 0.5) is 0 Å². The van der Waals surface area contributed by atoms with Crippen molar-refractivity contribution in [2.24, 2.45) is 5.92 Å². The van der Waals surface area contributed by atoms with Crippen LogP contribution in [0.25, 0.3) is 0 Å². The summed E-state index contributed by atoms with van der Waals surface area (Å²) in [7, 11) is 0. The molecule has 0 atom stereocenters. The fourth-order valence-electron chi connectivity index (χ4n) is 2.47. The summed E-state index contributed by atoms with van der Waals surface area (Å²) in [6.07, 6.45) is 5.50. The average molecular weight is 232 g/mol. The molecule has 1 aromatic carbocycles. The van der Waals surface area contributed by atoms with Gasteiger partial charge in [-0.1, -0.05) is 32.9 Å². The van der Waals surface area contributed by atoms with E-state index in [1.165, 1.54) is 31.2 Å². The third-order valence-corrected chi connectivity index (χ3v) is 3.81. The van der Waals surface area contributed by atoms with Crippen LogP contribution >= 0.6 is 0 Å². The molecule has 0 aromatic heterocycles. The highest BCUT2D eigenvalue weighted by atomic mass is 16.5. The van der Waals surface area contributed by atoms with Gasteiger partial charge in [-0.05, 0) is 55.2 Å². The van der Waals surface area contributed by atoms with Crippen molar-refractivity contribution in [1.82, 2.24) is 0 Å². The first-order chi connectivity index (χ1) is 8.15. The van der Waals surface area contributed by atoms with Gasteiger partial charge < -0.3 is 4.74 Å². The second kappa shape index (κ2) is 5.57. The fraction of sp³-hybridized carbons (Fsp3) is 0.625. The van der Waals surface area contributed by atoms with E-state index >= 15 is 0 Å². The highest BCUT2D eigenvalue weighted by Crippen LogP contribution is 2.27. The van der Waals surface area contributed by atoms with E-state index in [2.05, 4.69) is 45.0 Å². The first-order valence-corrected chi connectivity index (χ1v) is 6.91. The molecule has 17 heavy (non-hydrogen) atoms. The van der Waals surface area contributed by atoms with Gasteiger partial charge in [0.25, 0.3) is 0 Å². The molecule has 0 saturated heterocycles. The predicted octanol–water partition coefficient (Wildman–Crippen LogP) is 4.77. The molecule has 2 rings (SSSR count). The zero-order valence-electron chi connectivity index (χ0n) is 11.3. The highest BCUT2D eigenvalue weighted by Gasteiger charge is 2.19. The van der Waals surface area contributed by atoms with Crippen molar-refractivity contribution in [2.45, 2.75) is 58.5 Å².